The molecule has 0 aliphatic heterocycles. The van der Waals surface area contributed by atoms with Crippen molar-refractivity contribution < 1.29 is 9.84 Å². The van der Waals surface area contributed by atoms with E-state index in [0.717, 1.165) is 15.7 Å². The van der Waals surface area contributed by atoms with Gasteiger partial charge in [-0.3, -0.25) is 13.9 Å². The summed E-state index contributed by atoms with van der Waals surface area (Å²) in [6.45, 7) is 3.66. The molecule has 2 aromatic carbocycles. The molecule has 0 radical (unpaired) electrons. The maximum atomic E-state index is 13.2. The second kappa shape index (κ2) is 10.5. The summed E-state index contributed by atoms with van der Waals surface area (Å²) < 4.78 is 8.24. The molecule has 3 rings (SSSR count). The highest BCUT2D eigenvalue weighted by molar-refractivity contribution is 5.81. The molecule has 0 spiro atoms. The minimum absolute atomic E-state index is 0.117. The summed E-state index contributed by atoms with van der Waals surface area (Å²) in [6, 6.07) is 17.1. The van der Waals surface area contributed by atoms with Crippen molar-refractivity contribution in [1.29, 1.82) is 0 Å². The van der Waals surface area contributed by atoms with Gasteiger partial charge in [0.15, 0.2) is 11.7 Å². The number of hydrogen-bond donors (Lipinski definition) is 1. The number of nitrogens with zero attached hydrogens (tertiary/aromatic N) is 3. The minimum atomic E-state index is -0.498. The lowest BCUT2D eigenvalue weighted by Crippen LogP contribution is -2.40. The Kier molecular flexibility index (Phi) is 7.57. The molecule has 1 heterocycles. The largest absolute Gasteiger partial charge is 0.443 e. The van der Waals surface area contributed by atoms with E-state index in [1.807, 2.05) is 61.5 Å². The van der Waals surface area contributed by atoms with Gasteiger partial charge in [-0.05, 0) is 37.1 Å². The van der Waals surface area contributed by atoms with Crippen LogP contribution in [0.4, 0.5) is 5.82 Å². The van der Waals surface area contributed by atoms with E-state index in [-0.39, 0.29) is 24.5 Å². The number of hydrogen-bond acceptors (Lipinski definition) is 5. The van der Waals surface area contributed by atoms with E-state index in [2.05, 4.69) is 4.99 Å². The topological polar surface area (TPSA) is 85.8 Å². The van der Waals surface area contributed by atoms with E-state index in [4.69, 9.17) is 9.84 Å². The summed E-state index contributed by atoms with van der Waals surface area (Å²) in [4.78, 5) is 30.5. The highest BCUT2D eigenvalue weighted by atomic mass is 16.5. The first-order chi connectivity index (χ1) is 15.4. The Morgan fingerprint density at radius 3 is 2.41 bits per heavy atom. The molecule has 0 aliphatic carbocycles. The normalized spacial score (nSPS) is 11.8. The van der Waals surface area contributed by atoms with Gasteiger partial charge in [0.1, 0.15) is 5.75 Å². The summed E-state index contributed by atoms with van der Waals surface area (Å²) in [5.74, 6) is 1.11. The van der Waals surface area contributed by atoms with Gasteiger partial charge in [-0.2, -0.15) is 4.99 Å². The van der Waals surface area contributed by atoms with Crippen LogP contribution >= 0.6 is 0 Å². The Hall–Kier alpha value is -3.71. The Morgan fingerprint density at radius 1 is 1.06 bits per heavy atom. The van der Waals surface area contributed by atoms with Gasteiger partial charge in [0.25, 0.3) is 5.56 Å². The number of aryl methyl sites for hydroxylation is 1. The van der Waals surface area contributed by atoms with Gasteiger partial charge < -0.3 is 9.84 Å². The number of aliphatic hydroxyl groups excluding tert-OH is 1. The predicted octanol–water partition coefficient (Wildman–Crippen LogP) is 3.54. The Bertz CT molecular complexity index is 1240. The fourth-order valence-electron chi connectivity index (χ4n) is 3.18. The first kappa shape index (κ1) is 23.0. The van der Waals surface area contributed by atoms with Crippen LogP contribution in [0, 0.1) is 6.92 Å². The molecule has 7 heteroatoms. The number of rotatable bonds is 7. The fraction of sp³-hybridized carbons (Fsp3) is 0.240. The monoisotopic (exact) mass is 433 g/mol. The van der Waals surface area contributed by atoms with Crippen molar-refractivity contribution in [2.45, 2.75) is 26.8 Å². The third-order valence-electron chi connectivity index (χ3n) is 4.88. The van der Waals surface area contributed by atoms with Crippen LogP contribution in [-0.2, 0) is 13.6 Å². The van der Waals surface area contributed by atoms with Crippen molar-refractivity contribution >= 4 is 23.9 Å². The third kappa shape index (κ3) is 5.50. The quantitative estimate of drug-likeness (QED) is 0.456. The van der Waals surface area contributed by atoms with Crippen molar-refractivity contribution in [2.24, 2.45) is 12.0 Å². The van der Waals surface area contributed by atoms with Crippen LogP contribution in [-0.4, -0.2) is 26.7 Å². The zero-order valence-corrected chi connectivity index (χ0v) is 18.5. The lowest BCUT2D eigenvalue weighted by atomic mass is 10.1. The van der Waals surface area contributed by atoms with E-state index in [1.165, 1.54) is 4.57 Å². The highest BCUT2D eigenvalue weighted by Crippen LogP contribution is 2.19. The number of aliphatic hydroxyl groups is 1. The molecule has 7 nitrogen and oxygen atoms in total. The molecule has 0 unspecified atom stereocenters. The highest BCUT2D eigenvalue weighted by Gasteiger charge is 2.16. The van der Waals surface area contributed by atoms with Crippen molar-refractivity contribution in [3.63, 3.8) is 0 Å². The zero-order valence-electron chi connectivity index (χ0n) is 18.5. The molecular weight excluding hydrogens is 406 g/mol. The van der Waals surface area contributed by atoms with Gasteiger partial charge >= 0.3 is 5.69 Å². The molecule has 0 saturated heterocycles. The van der Waals surface area contributed by atoms with Gasteiger partial charge in [0, 0.05) is 27.1 Å². The summed E-state index contributed by atoms with van der Waals surface area (Å²) in [5, 5.41) is 9.15. The van der Waals surface area contributed by atoms with Gasteiger partial charge in [-0.1, -0.05) is 54.1 Å². The molecule has 166 valence electrons. The number of ether oxygens (including phenoxy) is 1. The lowest BCUT2D eigenvalue weighted by Gasteiger charge is -2.13. The zero-order chi connectivity index (χ0) is 23.1. The van der Waals surface area contributed by atoms with Crippen LogP contribution in [0.5, 0.6) is 5.75 Å². The molecule has 0 amide bonds. The molecule has 32 heavy (non-hydrogen) atoms. The van der Waals surface area contributed by atoms with Crippen LogP contribution in [0.1, 0.15) is 30.0 Å². The molecule has 1 N–H and O–H groups in total. The maximum absolute atomic E-state index is 13.2. The first-order valence-electron chi connectivity index (χ1n) is 10.4. The van der Waals surface area contributed by atoms with Crippen LogP contribution in [0.3, 0.4) is 0 Å². The molecule has 3 aromatic rings. The van der Waals surface area contributed by atoms with Crippen molar-refractivity contribution in [2.75, 3.05) is 6.61 Å². The molecule has 0 aliphatic rings. The molecular formula is C25H27N3O4. The summed E-state index contributed by atoms with van der Waals surface area (Å²) in [5.41, 5.74) is 1.32. The Morgan fingerprint density at radius 2 is 1.75 bits per heavy atom. The van der Waals surface area contributed by atoms with Crippen LogP contribution < -0.4 is 16.0 Å². The standard InChI is InChI=1S/C25H27N3O4/c1-18-10-13-21(14-11-18)32-19(2)26-23-22(15-12-20-8-5-4-6-9-20)24(30)28(16-7-17-29)25(31)27(23)3/h4-6,8-15,29H,7,16-17H2,1-3H3/b15-12+,26-19?. The van der Waals surface area contributed by atoms with Crippen molar-refractivity contribution in [1.82, 2.24) is 9.13 Å². The SMILES string of the molecule is CC(=Nc1c(/C=C/c2ccccc2)c(=O)n(CCCO)c(=O)n1C)Oc1ccc(C)cc1. The number of benzene rings is 2. The smallest absolute Gasteiger partial charge is 0.332 e. The number of aliphatic imine (C=N–C) groups is 1. The molecule has 0 saturated carbocycles. The molecule has 0 bridgehead atoms. The second-order valence-corrected chi connectivity index (χ2v) is 7.40. The first-order valence-corrected chi connectivity index (χ1v) is 10.4. The van der Waals surface area contributed by atoms with Crippen LogP contribution in [0.2, 0.25) is 0 Å². The second-order valence-electron chi connectivity index (χ2n) is 7.40. The lowest BCUT2D eigenvalue weighted by molar-refractivity contribution is 0.277. The average Bonchev–Trinajstić information content (AvgIpc) is 2.79. The van der Waals surface area contributed by atoms with E-state index in [1.54, 1.807) is 26.1 Å². The van der Waals surface area contributed by atoms with Crippen LogP contribution in [0.25, 0.3) is 12.2 Å². The number of aromatic nitrogens is 2. The Balaban J connectivity index is 2.10. The molecule has 1 aromatic heterocycles. The maximum Gasteiger partial charge on any atom is 0.332 e. The fourth-order valence-corrected chi connectivity index (χ4v) is 3.18. The molecule has 0 atom stereocenters. The Labute approximate surface area is 186 Å². The van der Waals surface area contributed by atoms with E-state index in [0.29, 0.717) is 18.1 Å². The minimum Gasteiger partial charge on any atom is -0.443 e. The van der Waals surface area contributed by atoms with Crippen molar-refractivity contribution in [3.8, 4) is 5.75 Å². The van der Waals surface area contributed by atoms with Crippen molar-refractivity contribution in [3.05, 3.63) is 92.1 Å². The van der Waals surface area contributed by atoms with Gasteiger partial charge in [-0.25, -0.2) is 4.79 Å². The van der Waals surface area contributed by atoms with Gasteiger partial charge in [0.05, 0.1) is 5.56 Å². The van der Waals surface area contributed by atoms with E-state index in [9.17, 15) is 9.59 Å². The van der Waals surface area contributed by atoms with E-state index < -0.39 is 11.2 Å². The average molecular weight is 434 g/mol. The van der Waals surface area contributed by atoms with Gasteiger partial charge in [-0.15, -0.1) is 0 Å². The summed E-state index contributed by atoms with van der Waals surface area (Å²) in [7, 11) is 1.56. The van der Waals surface area contributed by atoms with Crippen LogP contribution in [0.15, 0.2) is 69.2 Å². The van der Waals surface area contributed by atoms with Gasteiger partial charge in [0.2, 0.25) is 0 Å². The summed E-state index contributed by atoms with van der Waals surface area (Å²) in [6.07, 6.45) is 3.76. The molecule has 0 fully saturated rings. The van der Waals surface area contributed by atoms with E-state index >= 15 is 0 Å². The predicted molar refractivity (Wildman–Crippen MR) is 128 cm³/mol. The third-order valence-corrected chi connectivity index (χ3v) is 4.88. The summed E-state index contributed by atoms with van der Waals surface area (Å²) >= 11 is 0.